The largest absolute Gasteiger partial charge is 0.377 e. The fourth-order valence-electron chi connectivity index (χ4n) is 2.54. The fourth-order valence-corrected chi connectivity index (χ4v) is 2.54. The standard InChI is InChI=1S/C18H39NO/c1-5-7-8-9-10-11-12-13-14-15-18(19-6-2)16-20-17(3)4/h17-19H,5-16H2,1-4H3. The van der Waals surface area contributed by atoms with Gasteiger partial charge in [0, 0.05) is 6.04 Å². The Hall–Kier alpha value is -0.0800. The quantitative estimate of drug-likeness (QED) is 0.412. The van der Waals surface area contributed by atoms with Gasteiger partial charge in [0.05, 0.1) is 12.7 Å². The molecule has 0 spiro atoms. The van der Waals surface area contributed by atoms with Gasteiger partial charge in [-0.25, -0.2) is 0 Å². The van der Waals surface area contributed by atoms with Crippen LogP contribution in [0, 0.1) is 0 Å². The highest BCUT2D eigenvalue weighted by molar-refractivity contribution is 4.65. The third-order valence-corrected chi connectivity index (χ3v) is 3.78. The van der Waals surface area contributed by atoms with Crippen molar-refractivity contribution in [1.29, 1.82) is 0 Å². The van der Waals surface area contributed by atoms with Crippen LogP contribution in [0.5, 0.6) is 0 Å². The van der Waals surface area contributed by atoms with Gasteiger partial charge in [0.2, 0.25) is 0 Å². The molecule has 1 unspecified atom stereocenters. The lowest BCUT2D eigenvalue weighted by Gasteiger charge is -2.19. The lowest BCUT2D eigenvalue weighted by molar-refractivity contribution is 0.0593. The molecule has 0 saturated heterocycles. The van der Waals surface area contributed by atoms with Gasteiger partial charge < -0.3 is 10.1 Å². The first-order chi connectivity index (χ1) is 9.70. The second-order valence-electron chi connectivity index (χ2n) is 6.25. The highest BCUT2D eigenvalue weighted by atomic mass is 16.5. The van der Waals surface area contributed by atoms with Crippen LogP contribution in [-0.4, -0.2) is 25.3 Å². The average molecular weight is 286 g/mol. The number of likely N-dealkylation sites (N-methyl/N-ethyl adjacent to an activating group) is 1. The summed E-state index contributed by atoms with van der Waals surface area (Å²) >= 11 is 0. The second kappa shape index (κ2) is 15.3. The van der Waals surface area contributed by atoms with Gasteiger partial charge in [-0.1, -0.05) is 71.6 Å². The molecule has 20 heavy (non-hydrogen) atoms. The molecule has 0 heterocycles. The summed E-state index contributed by atoms with van der Waals surface area (Å²) in [5.41, 5.74) is 0. The van der Waals surface area contributed by atoms with Crippen LogP contribution in [0.2, 0.25) is 0 Å². The zero-order valence-electron chi connectivity index (χ0n) is 14.5. The Kier molecular flexibility index (Phi) is 15.3. The molecule has 0 aliphatic heterocycles. The highest BCUT2D eigenvalue weighted by Gasteiger charge is 2.08. The minimum atomic E-state index is 0.347. The molecule has 122 valence electrons. The monoisotopic (exact) mass is 285 g/mol. The maximum absolute atomic E-state index is 5.73. The first kappa shape index (κ1) is 19.9. The Labute approximate surface area is 128 Å². The molecule has 0 aromatic rings. The summed E-state index contributed by atoms with van der Waals surface area (Å²) < 4.78 is 5.73. The number of rotatable bonds is 15. The molecule has 1 atom stereocenters. The van der Waals surface area contributed by atoms with E-state index in [0.29, 0.717) is 12.1 Å². The molecule has 0 fully saturated rings. The van der Waals surface area contributed by atoms with Crippen molar-refractivity contribution >= 4 is 0 Å². The molecule has 0 aliphatic rings. The van der Waals surface area contributed by atoms with E-state index in [1.165, 1.54) is 64.2 Å². The molecule has 0 bridgehead atoms. The summed E-state index contributed by atoms with van der Waals surface area (Å²) in [6.07, 6.45) is 14.3. The maximum atomic E-state index is 5.73. The molecule has 0 aromatic carbocycles. The molecular formula is C18H39NO. The summed E-state index contributed by atoms with van der Waals surface area (Å²) in [5.74, 6) is 0. The van der Waals surface area contributed by atoms with E-state index in [0.717, 1.165) is 13.2 Å². The van der Waals surface area contributed by atoms with Crippen LogP contribution in [0.4, 0.5) is 0 Å². The average Bonchev–Trinajstić information content (AvgIpc) is 2.42. The predicted molar refractivity (Wildman–Crippen MR) is 90.4 cm³/mol. The molecular weight excluding hydrogens is 246 g/mol. The minimum Gasteiger partial charge on any atom is -0.377 e. The first-order valence-electron chi connectivity index (χ1n) is 9.05. The van der Waals surface area contributed by atoms with Crippen LogP contribution >= 0.6 is 0 Å². The number of nitrogens with one attached hydrogen (secondary N) is 1. The van der Waals surface area contributed by atoms with Crippen molar-refractivity contribution in [2.75, 3.05) is 13.2 Å². The van der Waals surface area contributed by atoms with E-state index in [-0.39, 0.29) is 0 Å². The van der Waals surface area contributed by atoms with Gasteiger partial charge in [0.15, 0.2) is 0 Å². The van der Waals surface area contributed by atoms with Crippen molar-refractivity contribution in [3.8, 4) is 0 Å². The Morgan fingerprint density at radius 3 is 1.85 bits per heavy atom. The Morgan fingerprint density at radius 2 is 1.35 bits per heavy atom. The molecule has 0 radical (unpaired) electrons. The lowest BCUT2D eigenvalue weighted by Crippen LogP contribution is -2.34. The normalized spacial score (nSPS) is 13.1. The zero-order valence-corrected chi connectivity index (χ0v) is 14.5. The van der Waals surface area contributed by atoms with E-state index in [1.807, 2.05) is 0 Å². The third kappa shape index (κ3) is 14.3. The van der Waals surface area contributed by atoms with Crippen LogP contribution in [0.3, 0.4) is 0 Å². The molecule has 0 amide bonds. The molecule has 2 heteroatoms. The summed E-state index contributed by atoms with van der Waals surface area (Å²) in [7, 11) is 0. The summed E-state index contributed by atoms with van der Waals surface area (Å²) in [6.45, 7) is 10.6. The number of ether oxygens (including phenoxy) is 1. The Bertz CT molecular complexity index is 182. The topological polar surface area (TPSA) is 21.3 Å². The first-order valence-corrected chi connectivity index (χ1v) is 9.05. The van der Waals surface area contributed by atoms with Crippen molar-refractivity contribution in [3.63, 3.8) is 0 Å². The molecule has 0 rings (SSSR count). The molecule has 0 aromatic heterocycles. The van der Waals surface area contributed by atoms with Gasteiger partial charge in [-0.2, -0.15) is 0 Å². The molecule has 2 nitrogen and oxygen atoms in total. The maximum Gasteiger partial charge on any atom is 0.0623 e. The lowest BCUT2D eigenvalue weighted by atomic mass is 10.0. The van der Waals surface area contributed by atoms with E-state index in [2.05, 4.69) is 33.0 Å². The van der Waals surface area contributed by atoms with E-state index >= 15 is 0 Å². The van der Waals surface area contributed by atoms with Gasteiger partial charge in [-0.15, -0.1) is 0 Å². The SMILES string of the molecule is CCCCCCCCCCCC(COC(C)C)NCC. The van der Waals surface area contributed by atoms with Crippen molar-refractivity contribution in [2.24, 2.45) is 0 Å². The van der Waals surface area contributed by atoms with E-state index < -0.39 is 0 Å². The minimum absolute atomic E-state index is 0.347. The van der Waals surface area contributed by atoms with E-state index in [4.69, 9.17) is 4.74 Å². The fraction of sp³-hybridized carbons (Fsp3) is 1.00. The van der Waals surface area contributed by atoms with Gasteiger partial charge in [-0.05, 0) is 26.8 Å². The number of hydrogen-bond acceptors (Lipinski definition) is 2. The smallest absolute Gasteiger partial charge is 0.0623 e. The van der Waals surface area contributed by atoms with Crippen LogP contribution in [-0.2, 0) is 4.74 Å². The number of hydrogen-bond donors (Lipinski definition) is 1. The Balaban J connectivity index is 3.39. The molecule has 0 aliphatic carbocycles. The number of unbranched alkanes of at least 4 members (excludes halogenated alkanes) is 8. The van der Waals surface area contributed by atoms with Crippen LogP contribution in [0.15, 0.2) is 0 Å². The molecule has 1 N–H and O–H groups in total. The van der Waals surface area contributed by atoms with Crippen molar-refractivity contribution in [3.05, 3.63) is 0 Å². The van der Waals surface area contributed by atoms with Crippen LogP contribution in [0.25, 0.3) is 0 Å². The van der Waals surface area contributed by atoms with Gasteiger partial charge in [0.1, 0.15) is 0 Å². The van der Waals surface area contributed by atoms with Crippen molar-refractivity contribution < 1.29 is 4.74 Å². The van der Waals surface area contributed by atoms with Crippen molar-refractivity contribution in [2.45, 2.75) is 104 Å². The van der Waals surface area contributed by atoms with Crippen LogP contribution in [0.1, 0.15) is 91.9 Å². The molecule has 0 saturated carbocycles. The Morgan fingerprint density at radius 1 is 0.800 bits per heavy atom. The predicted octanol–water partition coefficient (Wildman–Crippen LogP) is 5.31. The highest BCUT2D eigenvalue weighted by Crippen LogP contribution is 2.11. The van der Waals surface area contributed by atoms with Gasteiger partial charge in [0.25, 0.3) is 0 Å². The summed E-state index contributed by atoms with van der Waals surface area (Å²) in [6, 6.07) is 0.548. The van der Waals surface area contributed by atoms with E-state index in [9.17, 15) is 0 Å². The van der Waals surface area contributed by atoms with Crippen molar-refractivity contribution in [1.82, 2.24) is 5.32 Å². The zero-order chi connectivity index (χ0) is 15.1. The van der Waals surface area contributed by atoms with Crippen LogP contribution < -0.4 is 5.32 Å². The van der Waals surface area contributed by atoms with Gasteiger partial charge >= 0.3 is 0 Å². The second-order valence-corrected chi connectivity index (χ2v) is 6.25. The summed E-state index contributed by atoms with van der Waals surface area (Å²) in [4.78, 5) is 0. The van der Waals surface area contributed by atoms with E-state index in [1.54, 1.807) is 0 Å². The van der Waals surface area contributed by atoms with Gasteiger partial charge in [-0.3, -0.25) is 0 Å². The summed E-state index contributed by atoms with van der Waals surface area (Å²) in [5, 5.41) is 3.54. The third-order valence-electron chi connectivity index (χ3n) is 3.78.